The van der Waals surface area contributed by atoms with Gasteiger partial charge in [-0.2, -0.15) is 0 Å². The summed E-state index contributed by atoms with van der Waals surface area (Å²) >= 11 is 0. The van der Waals surface area contributed by atoms with Crippen LogP contribution in [0.4, 0.5) is 5.69 Å². The third-order valence-corrected chi connectivity index (χ3v) is 3.99. The molecule has 1 unspecified atom stereocenters. The van der Waals surface area contributed by atoms with Gasteiger partial charge >= 0.3 is 0 Å². The van der Waals surface area contributed by atoms with E-state index in [9.17, 15) is 5.11 Å². The SMILES string of the molecule is COc1ccc(N(C)CCC(C)(CO)NC2CC2)cc1. The second kappa shape index (κ2) is 6.46. The molecule has 0 heterocycles. The molecule has 4 heteroatoms. The van der Waals surface area contributed by atoms with Crippen molar-refractivity contribution in [2.24, 2.45) is 0 Å². The molecule has 4 nitrogen and oxygen atoms in total. The monoisotopic (exact) mass is 278 g/mol. The van der Waals surface area contributed by atoms with Crippen molar-refractivity contribution in [1.29, 1.82) is 0 Å². The van der Waals surface area contributed by atoms with E-state index in [1.165, 1.54) is 12.8 Å². The molecule has 1 aliphatic carbocycles. The molecular formula is C16H26N2O2. The molecule has 1 atom stereocenters. The van der Waals surface area contributed by atoms with Crippen LogP contribution in [0.3, 0.4) is 0 Å². The maximum absolute atomic E-state index is 9.62. The summed E-state index contributed by atoms with van der Waals surface area (Å²) in [6, 6.07) is 8.67. The van der Waals surface area contributed by atoms with Crippen LogP contribution in [0.5, 0.6) is 5.75 Å². The Bertz CT molecular complexity index is 417. The summed E-state index contributed by atoms with van der Waals surface area (Å²) in [6.07, 6.45) is 3.40. The number of hydrogen-bond acceptors (Lipinski definition) is 4. The number of aliphatic hydroxyl groups excluding tert-OH is 1. The highest BCUT2D eigenvalue weighted by Crippen LogP contribution is 2.25. The molecule has 1 aliphatic rings. The molecule has 20 heavy (non-hydrogen) atoms. The van der Waals surface area contributed by atoms with Crippen molar-refractivity contribution in [3.05, 3.63) is 24.3 Å². The lowest BCUT2D eigenvalue weighted by Gasteiger charge is -2.31. The van der Waals surface area contributed by atoms with Crippen LogP contribution in [0.15, 0.2) is 24.3 Å². The van der Waals surface area contributed by atoms with Crippen LogP contribution in [-0.2, 0) is 0 Å². The van der Waals surface area contributed by atoms with Crippen molar-refractivity contribution < 1.29 is 9.84 Å². The van der Waals surface area contributed by atoms with Crippen molar-refractivity contribution >= 4 is 5.69 Å². The predicted octanol–water partition coefficient (Wildman–Crippen LogP) is 2.02. The molecule has 112 valence electrons. The largest absolute Gasteiger partial charge is 0.497 e. The highest BCUT2D eigenvalue weighted by molar-refractivity contribution is 5.48. The Kier molecular flexibility index (Phi) is 4.89. The standard InChI is InChI=1S/C16H26N2O2/c1-16(12-19,17-13-4-5-13)10-11-18(2)14-6-8-15(20-3)9-7-14/h6-9,13,17,19H,4-5,10-12H2,1-3H3. The number of anilines is 1. The fraction of sp³-hybridized carbons (Fsp3) is 0.625. The average Bonchev–Trinajstić information content (AvgIpc) is 3.28. The molecule has 0 radical (unpaired) electrons. The molecule has 0 saturated heterocycles. The number of ether oxygens (including phenoxy) is 1. The van der Waals surface area contributed by atoms with Gasteiger partial charge in [-0.25, -0.2) is 0 Å². The number of aliphatic hydroxyl groups is 1. The van der Waals surface area contributed by atoms with Crippen LogP contribution >= 0.6 is 0 Å². The average molecular weight is 278 g/mol. The molecular weight excluding hydrogens is 252 g/mol. The van der Waals surface area contributed by atoms with Crippen LogP contribution in [-0.4, -0.2) is 44.0 Å². The summed E-state index contributed by atoms with van der Waals surface area (Å²) in [5, 5.41) is 13.2. The summed E-state index contributed by atoms with van der Waals surface area (Å²) in [5.74, 6) is 0.873. The zero-order chi connectivity index (χ0) is 14.6. The summed E-state index contributed by atoms with van der Waals surface area (Å²) in [5.41, 5.74) is 0.986. The van der Waals surface area contributed by atoms with Crippen LogP contribution < -0.4 is 15.0 Å². The molecule has 0 bridgehead atoms. The van der Waals surface area contributed by atoms with Gasteiger partial charge in [0.05, 0.1) is 13.7 Å². The highest BCUT2D eigenvalue weighted by Gasteiger charge is 2.31. The van der Waals surface area contributed by atoms with Gasteiger partial charge in [0.15, 0.2) is 0 Å². The van der Waals surface area contributed by atoms with Crippen molar-refractivity contribution in [2.75, 3.05) is 32.2 Å². The second-order valence-corrected chi connectivity index (χ2v) is 6.01. The van der Waals surface area contributed by atoms with Gasteiger partial charge in [0.1, 0.15) is 5.75 Å². The van der Waals surface area contributed by atoms with Crippen LogP contribution in [0.2, 0.25) is 0 Å². The Morgan fingerprint density at radius 3 is 2.50 bits per heavy atom. The summed E-state index contributed by atoms with van der Waals surface area (Å²) < 4.78 is 5.17. The fourth-order valence-electron chi connectivity index (χ4n) is 2.30. The first-order valence-electron chi connectivity index (χ1n) is 7.30. The first kappa shape index (κ1) is 15.1. The van der Waals surface area contributed by atoms with E-state index in [2.05, 4.69) is 36.3 Å². The first-order chi connectivity index (χ1) is 9.56. The molecule has 2 N–H and O–H groups in total. The number of rotatable bonds is 8. The Balaban J connectivity index is 1.87. The van der Waals surface area contributed by atoms with Gasteiger partial charge in [-0.15, -0.1) is 0 Å². The number of nitrogens with one attached hydrogen (secondary N) is 1. The number of benzene rings is 1. The minimum absolute atomic E-state index is 0.179. The van der Waals surface area contributed by atoms with E-state index in [1.807, 2.05) is 12.1 Å². The maximum atomic E-state index is 9.62. The predicted molar refractivity (Wildman–Crippen MR) is 82.5 cm³/mol. The van der Waals surface area contributed by atoms with E-state index >= 15 is 0 Å². The van der Waals surface area contributed by atoms with Gasteiger partial charge in [0, 0.05) is 30.9 Å². The lowest BCUT2D eigenvalue weighted by Crippen LogP contribution is -2.48. The Morgan fingerprint density at radius 2 is 2.00 bits per heavy atom. The summed E-state index contributed by atoms with van der Waals surface area (Å²) in [7, 11) is 3.76. The quantitative estimate of drug-likeness (QED) is 0.763. The fourth-order valence-corrected chi connectivity index (χ4v) is 2.30. The minimum Gasteiger partial charge on any atom is -0.497 e. The molecule has 1 aromatic rings. The van der Waals surface area contributed by atoms with Gasteiger partial charge in [0.25, 0.3) is 0 Å². The molecule has 0 aromatic heterocycles. The normalized spacial score (nSPS) is 17.6. The van der Waals surface area contributed by atoms with Gasteiger partial charge in [-0.1, -0.05) is 0 Å². The van der Waals surface area contributed by atoms with Crippen LogP contribution in [0, 0.1) is 0 Å². The molecule has 0 aliphatic heterocycles. The Hall–Kier alpha value is -1.26. The Morgan fingerprint density at radius 1 is 1.35 bits per heavy atom. The van der Waals surface area contributed by atoms with E-state index in [-0.39, 0.29) is 12.1 Å². The lowest BCUT2D eigenvalue weighted by atomic mass is 9.98. The Labute approximate surface area is 121 Å². The maximum Gasteiger partial charge on any atom is 0.119 e. The highest BCUT2D eigenvalue weighted by atomic mass is 16.5. The van der Waals surface area contributed by atoms with Crippen LogP contribution in [0.1, 0.15) is 26.2 Å². The molecule has 0 amide bonds. The van der Waals surface area contributed by atoms with Crippen LogP contribution in [0.25, 0.3) is 0 Å². The van der Waals surface area contributed by atoms with E-state index in [0.717, 1.165) is 24.4 Å². The van der Waals surface area contributed by atoms with Gasteiger partial charge in [-0.3, -0.25) is 0 Å². The first-order valence-corrected chi connectivity index (χ1v) is 7.30. The summed E-state index contributed by atoms with van der Waals surface area (Å²) in [4.78, 5) is 2.21. The molecule has 1 saturated carbocycles. The molecule has 2 rings (SSSR count). The lowest BCUT2D eigenvalue weighted by molar-refractivity contribution is 0.165. The number of hydrogen-bond donors (Lipinski definition) is 2. The number of methoxy groups -OCH3 is 1. The van der Waals surface area contributed by atoms with Gasteiger partial charge in [0.2, 0.25) is 0 Å². The molecule has 1 fully saturated rings. The van der Waals surface area contributed by atoms with E-state index in [0.29, 0.717) is 6.04 Å². The molecule has 0 spiro atoms. The smallest absolute Gasteiger partial charge is 0.119 e. The summed E-state index contributed by atoms with van der Waals surface area (Å²) in [6.45, 7) is 3.19. The topological polar surface area (TPSA) is 44.7 Å². The second-order valence-electron chi connectivity index (χ2n) is 6.01. The van der Waals surface area contributed by atoms with E-state index < -0.39 is 0 Å². The third kappa shape index (κ3) is 4.12. The zero-order valence-corrected chi connectivity index (χ0v) is 12.7. The van der Waals surface area contributed by atoms with E-state index in [4.69, 9.17) is 4.74 Å². The minimum atomic E-state index is -0.179. The zero-order valence-electron chi connectivity index (χ0n) is 12.7. The van der Waals surface area contributed by atoms with Crippen molar-refractivity contribution in [3.63, 3.8) is 0 Å². The molecule has 1 aromatic carbocycles. The third-order valence-electron chi connectivity index (χ3n) is 3.99. The van der Waals surface area contributed by atoms with Gasteiger partial charge < -0.3 is 20.1 Å². The van der Waals surface area contributed by atoms with Crippen molar-refractivity contribution in [1.82, 2.24) is 5.32 Å². The van der Waals surface area contributed by atoms with E-state index in [1.54, 1.807) is 7.11 Å². The van der Waals surface area contributed by atoms with Gasteiger partial charge in [-0.05, 0) is 50.5 Å². The number of nitrogens with zero attached hydrogens (tertiary/aromatic N) is 1. The van der Waals surface area contributed by atoms with Crippen molar-refractivity contribution in [2.45, 2.75) is 37.8 Å². The van der Waals surface area contributed by atoms with Crippen molar-refractivity contribution in [3.8, 4) is 5.75 Å².